The Bertz CT molecular complexity index is 740. The van der Waals surface area contributed by atoms with E-state index in [1.165, 1.54) is 5.01 Å². The standard InChI is InChI=1S/C18H18N2O2/c1-13-7-6-8-15(11-13)17(21)20-18(22,12-14(2)19-20)16-9-4-3-5-10-16/h3-11,22H,12H2,1-2H3/t18-/m1/s1. The summed E-state index contributed by atoms with van der Waals surface area (Å²) in [5.41, 5.74) is 1.48. The van der Waals surface area contributed by atoms with Crippen LogP contribution in [0.1, 0.15) is 34.8 Å². The molecule has 0 spiro atoms. The highest BCUT2D eigenvalue weighted by atomic mass is 16.3. The summed E-state index contributed by atoms with van der Waals surface area (Å²) in [6, 6.07) is 16.5. The Morgan fingerprint density at radius 3 is 2.55 bits per heavy atom. The van der Waals surface area contributed by atoms with Crippen LogP contribution >= 0.6 is 0 Å². The molecule has 0 unspecified atom stereocenters. The maximum Gasteiger partial charge on any atom is 0.276 e. The van der Waals surface area contributed by atoms with Gasteiger partial charge in [0, 0.05) is 23.3 Å². The first-order valence-corrected chi connectivity index (χ1v) is 7.24. The monoisotopic (exact) mass is 294 g/mol. The van der Waals surface area contributed by atoms with Gasteiger partial charge in [0.05, 0.1) is 0 Å². The Morgan fingerprint density at radius 1 is 1.14 bits per heavy atom. The molecule has 3 rings (SSSR count). The van der Waals surface area contributed by atoms with Crippen LogP contribution in [0, 0.1) is 6.92 Å². The largest absolute Gasteiger partial charge is 0.365 e. The minimum Gasteiger partial charge on any atom is -0.365 e. The predicted molar refractivity (Wildman–Crippen MR) is 85.4 cm³/mol. The van der Waals surface area contributed by atoms with Gasteiger partial charge in [-0.1, -0.05) is 48.0 Å². The fourth-order valence-corrected chi connectivity index (χ4v) is 2.76. The van der Waals surface area contributed by atoms with Gasteiger partial charge in [0.25, 0.3) is 5.91 Å². The maximum atomic E-state index is 12.8. The summed E-state index contributed by atoms with van der Waals surface area (Å²) < 4.78 is 0. The van der Waals surface area contributed by atoms with Crippen molar-refractivity contribution in [3.63, 3.8) is 0 Å². The number of hydrogen-bond acceptors (Lipinski definition) is 3. The quantitative estimate of drug-likeness (QED) is 0.925. The van der Waals surface area contributed by atoms with Crippen molar-refractivity contribution in [2.75, 3.05) is 0 Å². The Hall–Kier alpha value is -2.46. The van der Waals surface area contributed by atoms with Gasteiger partial charge in [-0.2, -0.15) is 10.1 Å². The second kappa shape index (κ2) is 5.39. The lowest BCUT2D eigenvalue weighted by Gasteiger charge is -2.31. The van der Waals surface area contributed by atoms with Crippen LogP contribution in [0.25, 0.3) is 0 Å². The SMILES string of the molecule is CC1=NN(C(=O)c2cccc(C)c2)[C@](O)(c2ccccc2)C1. The third-order valence-corrected chi connectivity index (χ3v) is 3.82. The Labute approximate surface area is 129 Å². The van der Waals surface area contributed by atoms with E-state index in [-0.39, 0.29) is 5.91 Å². The molecule has 0 saturated heterocycles. The molecule has 1 aliphatic heterocycles. The molecule has 4 nitrogen and oxygen atoms in total. The molecule has 0 radical (unpaired) electrons. The molecule has 0 bridgehead atoms. The van der Waals surface area contributed by atoms with Crippen molar-refractivity contribution in [1.29, 1.82) is 0 Å². The molecule has 0 saturated carbocycles. The number of carbonyl (C=O) groups excluding carboxylic acids is 1. The minimum absolute atomic E-state index is 0.299. The minimum atomic E-state index is -1.42. The molecule has 4 heteroatoms. The number of nitrogens with zero attached hydrogens (tertiary/aromatic N) is 2. The van der Waals surface area contributed by atoms with Crippen LogP contribution < -0.4 is 0 Å². The van der Waals surface area contributed by atoms with E-state index in [1.807, 2.05) is 56.3 Å². The molecule has 1 heterocycles. The van der Waals surface area contributed by atoms with Gasteiger partial charge in [-0.3, -0.25) is 4.79 Å². The zero-order chi connectivity index (χ0) is 15.7. The van der Waals surface area contributed by atoms with Crippen molar-refractivity contribution in [2.24, 2.45) is 5.10 Å². The lowest BCUT2D eigenvalue weighted by atomic mass is 9.97. The van der Waals surface area contributed by atoms with Gasteiger partial charge in [0.2, 0.25) is 0 Å². The fourth-order valence-electron chi connectivity index (χ4n) is 2.76. The summed E-state index contributed by atoms with van der Waals surface area (Å²) in [7, 11) is 0. The summed E-state index contributed by atoms with van der Waals surface area (Å²) in [5, 5.41) is 16.6. The second-order valence-corrected chi connectivity index (χ2v) is 5.68. The summed E-state index contributed by atoms with van der Waals surface area (Å²) >= 11 is 0. The summed E-state index contributed by atoms with van der Waals surface area (Å²) in [6.07, 6.45) is 0.314. The lowest BCUT2D eigenvalue weighted by Crippen LogP contribution is -2.43. The molecular weight excluding hydrogens is 276 g/mol. The number of amides is 1. The molecule has 0 aliphatic carbocycles. The number of carbonyl (C=O) groups is 1. The van der Waals surface area contributed by atoms with Crippen molar-refractivity contribution < 1.29 is 9.90 Å². The number of hydrazone groups is 1. The molecule has 0 aromatic heterocycles. The van der Waals surface area contributed by atoms with E-state index in [0.717, 1.165) is 11.3 Å². The predicted octanol–water partition coefficient (Wildman–Crippen LogP) is 3.06. The first-order valence-electron chi connectivity index (χ1n) is 7.24. The van der Waals surface area contributed by atoms with Crippen molar-refractivity contribution in [1.82, 2.24) is 5.01 Å². The van der Waals surface area contributed by atoms with Gasteiger partial charge in [-0.25, -0.2) is 0 Å². The molecule has 1 aliphatic rings. The molecule has 0 fully saturated rings. The van der Waals surface area contributed by atoms with Crippen molar-refractivity contribution in [3.8, 4) is 0 Å². The molecule has 22 heavy (non-hydrogen) atoms. The fraction of sp³-hybridized carbons (Fsp3) is 0.222. The Morgan fingerprint density at radius 2 is 1.86 bits per heavy atom. The molecular formula is C18H18N2O2. The molecule has 2 aromatic carbocycles. The smallest absolute Gasteiger partial charge is 0.276 e. The van der Waals surface area contributed by atoms with Gasteiger partial charge >= 0.3 is 0 Å². The van der Waals surface area contributed by atoms with Gasteiger partial charge in [-0.05, 0) is 26.0 Å². The topological polar surface area (TPSA) is 52.9 Å². The van der Waals surface area contributed by atoms with Gasteiger partial charge in [-0.15, -0.1) is 0 Å². The third kappa shape index (κ3) is 2.42. The van der Waals surface area contributed by atoms with E-state index in [2.05, 4.69) is 5.10 Å². The molecule has 1 N–H and O–H groups in total. The molecule has 112 valence electrons. The summed E-state index contributed by atoms with van der Waals surface area (Å²) in [6.45, 7) is 3.75. The van der Waals surface area contributed by atoms with Crippen molar-refractivity contribution in [3.05, 3.63) is 71.3 Å². The first kappa shape index (κ1) is 14.5. The van der Waals surface area contributed by atoms with Crippen molar-refractivity contribution >= 4 is 11.6 Å². The molecule has 1 atom stereocenters. The number of aliphatic hydroxyl groups is 1. The number of aryl methyl sites for hydroxylation is 1. The van der Waals surface area contributed by atoms with Crippen LogP contribution in [0.2, 0.25) is 0 Å². The van der Waals surface area contributed by atoms with E-state index in [4.69, 9.17) is 0 Å². The zero-order valence-corrected chi connectivity index (χ0v) is 12.7. The van der Waals surface area contributed by atoms with Gasteiger partial charge in [0.1, 0.15) is 0 Å². The normalized spacial score (nSPS) is 20.9. The van der Waals surface area contributed by atoms with Crippen LogP contribution in [-0.4, -0.2) is 21.7 Å². The Balaban J connectivity index is 2.02. The highest BCUT2D eigenvalue weighted by Crippen LogP contribution is 2.36. The lowest BCUT2D eigenvalue weighted by molar-refractivity contribution is -0.0765. The van der Waals surface area contributed by atoms with Crippen LogP contribution in [0.15, 0.2) is 59.7 Å². The molecule has 1 amide bonds. The maximum absolute atomic E-state index is 12.8. The number of rotatable bonds is 2. The Kier molecular flexibility index (Phi) is 3.54. The van der Waals surface area contributed by atoms with E-state index < -0.39 is 5.72 Å². The molecule has 2 aromatic rings. The van der Waals surface area contributed by atoms with E-state index in [0.29, 0.717) is 17.5 Å². The average molecular weight is 294 g/mol. The van der Waals surface area contributed by atoms with E-state index in [1.54, 1.807) is 12.1 Å². The van der Waals surface area contributed by atoms with Crippen LogP contribution in [0.4, 0.5) is 0 Å². The second-order valence-electron chi connectivity index (χ2n) is 5.68. The van der Waals surface area contributed by atoms with Gasteiger partial charge in [0.15, 0.2) is 5.72 Å². The van der Waals surface area contributed by atoms with E-state index >= 15 is 0 Å². The van der Waals surface area contributed by atoms with E-state index in [9.17, 15) is 9.90 Å². The summed E-state index contributed by atoms with van der Waals surface area (Å²) in [4.78, 5) is 12.8. The highest BCUT2D eigenvalue weighted by molar-refractivity contribution is 5.98. The van der Waals surface area contributed by atoms with Gasteiger partial charge < -0.3 is 5.11 Å². The third-order valence-electron chi connectivity index (χ3n) is 3.82. The van der Waals surface area contributed by atoms with Crippen LogP contribution in [0.3, 0.4) is 0 Å². The van der Waals surface area contributed by atoms with Crippen LogP contribution in [0.5, 0.6) is 0 Å². The van der Waals surface area contributed by atoms with Crippen LogP contribution in [-0.2, 0) is 5.72 Å². The summed E-state index contributed by atoms with van der Waals surface area (Å²) in [5.74, 6) is -0.299. The first-order chi connectivity index (χ1) is 10.5. The number of hydrogen-bond donors (Lipinski definition) is 1. The number of benzene rings is 2. The zero-order valence-electron chi connectivity index (χ0n) is 12.7. The highest BCUT2D eigenvalue weighted by Gasteiger charge is 2.44. The average Bonchev–Trinajstić information content (AvgIpc) is 2.83. The van der Waals surface area contributed by atoms with Crippen molar-refractivity contribution in [2.45, 2.75) is 26.0 Å².